The van der Waals surface area contributed by atoms with Crippen LogP contribution in [0.1, 0.15) is 20.3 Å². The van der Waals surface area contributed by atoms with Crippen molar-refractivity contribution in [3.63, 3.8) is 0 Å². The largest absolute Gasteiger partial charge is 0.480 e. The van der Waals surface area contributed by atoms with Crippen molar-refractivity contribution in [3.8, 4) is 0 Å². The van der Waals surface area contributed by atoms with Crippen molar-refractivity contribution in [3.05, 3.63) is 0 Å². The lowest BCUT2D eigenvalue weighted by Gasteiger charge is -2.19. The first-order chi connectivity index (χ1) is 9.49. The summed E-state index contributed by atoms with van der Waals surface area (Å²) in [5.74, 6) is -1.66. The number of carboxylic acid groups (broad SMARTS) is 1. The first-order valence-corrected chi connectivity index (χ1v) is 6.72. The molecule has 0 unspecified atom stereocenters. The molecular weight excluding hydrogens is 264 g/mol. The van der Waals surface area contributed by atoms with Gasteiger partial charge in [-0.1, -0.05) is 13.8 Å². The summed E-state index contributed by atoms with van der Waals surface area (Å²) in [7, 11) is 0. The van der Waals surface area contributed by atoms with Crippen LogP contribution in [0, 0.1) is 0 Å². The number of carboxylic acids is 1. The molecule has 0 aliphatic rings. The summed E-state index contributed by atoms with van der Waals surface area (Å²) >= 11 is 0. The lowest BCUT2D eigenvalue weighted by Crippen LogP contribution is -2.45. The van der Waals surface area contributed by atoms with Crippen molar-refractivity contribution in [1.82, 2.24) is 20.9 Å². The van der Waals surface area contributed by atoms with Gasteiger partial charge in [-0.25, -0.2) is 4.79 Å². The number of urea groups is 1. The number of amides is 3. The summed E-state index contributed by atoms with van der Waals surface area (Å²) in [4.78, 5) is 34.9. The molecule has 20 heavy (non-hydrogen) atoms. The Morgan fingerprint density at radius 2 is 1.70 bits per heavy atom. The molecule has 0 atom stereocenters. The molecule has 0 spiro atoms. The molecule has 8 nitrogen and oxygen atoms in total. The van der Waals surface area contributed by atoms with Crippen molar-refractivity contribution >= 4 is 17.9 Å². The van der Waals surface area contributed by atoms with Crippen LogP contribution >= 0.6 is 0 Å². The standard InChI is InChI=1S/C12H24N4O4/c1-3-6-16(4-2)7-5-13-12(20)15-8-10(17)14-9-11(18)19/h3-9H2,1-2H3,(H,14,17)(H,18,19)(H2,13,15,20). The number of rotatable bonds is 10. The van der Waals surface area contributed by atoms with E-state index in [0.717, 1.165) is 26.1 Å². The molecular formula is C12H24N4O4. The van der Waals surface area contributed by atoms with Gasteiger partial charge < -0.3 is 26.0 Å². The lowest BCUT2D eigenvalue weighted by molar-refractivity contribution is -0.137. The van der Waals surface area contributed by atoms with E-state index in [-0.39, 0.29) is 6.54 Å². The third-order valence-electron chi connectivity index (χ3n) is 2.55. The summed E-state index contributed by atoms with van der Waals surface area (Å²) < 4.78 is 0. The Labute approximate surface area is 118 Å². The number of carbonyl (C=O) groups excluding carboxylic acids is 2. The average molecular weight is 288 g/mol. The Morgan fingerprint density at radius 3 is 2.25 bits per heavy atom. The first kappa shape index (κ1) is 18.2. The fraction of sp³-hybridized carbons (Fsp3) is 0.750. The van der Waals surface area contributed by atoms with Crippen LogP contribution in [-0.4, -0.2) is 67.2 Å². The zero-order chi connectivity index (χ0) is 15.4. The minimum atomic E-state index is -1.13. The summed E-state index contributed by atoms with van der Waals surface area (Å²) in [6.07, 6.45) is 1.06. The van der Waals surface area contributed by atoms with Gasteiger partial charge in [0, 0.05) is 13.1 Å². The molecule has 0 saturated carbocycles. The Kier molecular flexibility index (Phi) is 10.0. The van der Waals surface area contributed by atoms with E-state index >= 15 is 0 Å². The van der Waals surface area contributed by atoms with Crippen LogP contribution in [0.15, 0.2) is 0 Å². The molecule has 0 aromatic carbocycles. The fourth-order valence-corrected chi connectivity index (χ4v) is 1.53. The second-order valence-electron chi connectivity index (χ2n) is 4.21. The SMILES string of the molecule is CCCN(CC)CCNC(=O)NCC(=O)NCC(=O)O. The molecule has 0 bridgehead atoms. The highest BCUT2D eigenvalue weighted by Gasteiger charge is 2.06. The molecule has 0 rings (SSSR count). The Balaban J connectivity index is 3.68. The predicted molar refractivity (Wildman–Crippen MR) is 74.5 cm³/mol. The number of hydrogen-bond acceptors (Lipinski definition) is 4. The quantitative estimate of drug-likeness (QED) is 0.421. The van der Waals surface area contributed by atoms with Gasteiger partial charge in [0.15, 0.2) is 0 Å². The number of likely N-dealkylation sites (N-methyl/N-ethyl adjacent to an activating group) is 1. The molecule has 0 radical (unpaired) electrons. The molecule has 0 aromatic heterocycles. The van der Waals surface area contributed by atoms with E-state index in [9.17, 15) is 14.4 Å². The molecule has 0 heterocycles. The minimum absolute atomic E-state index is 0.244. The summed E-state index contributed by atoms with van der Waals surface area (Å²) in [5.41, 5.74) is 0. The Morgan fingerprint density at radius 1 is 1.00 bits per heavy atom. The highest BCUT2D eigenvalue weighted by atomic mass is 16.4. The van der Waals surface area contributed by atoms with E-state index in [1.807, 2.05) is 0 Å². The van der Waals surface area contributed by atoms with Gasteiger partial charge >= 0.3 is 12.0 Å². The summed E-state index contributed by atoms with van der Waals surface area (Å²) in [6, 6.07) is -0.442. The molecule has 3 amide bonds. The molecule has 0 fully saturated rings. The van der Waals surface area contributed by atoms with Crippen LogP contribution in [0.2, 0.25) is 0 Å². The predicted octanol–water partition coefficient (Wildman–Crippen LogP) is -0.782. The van der Waals surface area contributed by atoms with Gasteiger partial charge in [0.1, 0.15) is 6.54 Å². The Hall–Kier alpha value is -1.83. The van der Waals surface area contributed by atoms with E-state index < -0.39 is 24.5 Å². The first-order valence-electron chi connectivity index (χ1n) is 6.72. The van der Waals surface area contributed by atoms with Crippen molar-refractivity contribution < 1.29 is 19.5 Å². The molecule has 4 N–H and O–H groups in total. The number of nitrogens with zero attached hydrogens (tertiary/aromatic N) is 1. The van der Waals surface area contributed by atoms with Gasteiger partial charge in [-0.2, -0.15) is 0 Å². The molecule has 0 aliphatic heterocycles. The fourth-order valence-electron chi connectivity index (χ4n) is 1.53. The van der Waals surface area contributed by atoms with Crippen LogP contribution in [-0.2, 0) is 9.59 Å². The topological polar surface area (TPSA) is 111 Å². The monoisotopic (exact) mass is 288 g/mol. The van der Waals surface area contributed by atoms with Crippen LogP contribution in [0.5, 0.6) is 0 Å². The maximum Gasteiger partial charge on any atom is 0.322 e. The number of aliphatic carboxylic acids is 1. The molecule has 0 aromatic rings. The summed E-state index contributed by atoms with van der Waals surface area (Å²) in [6.45, 7) is 6.61. The van der Waals surface area contributed by atoms with Crippen LogP contribution in [0.25, 0.3) is 0 Å². The van der Waals surface area contributed by atoms with E-state index in [2.05, 4.69) is 34.7 Å². The normalized spacial score (nSPS) is 10.2. The van der Waals surface area contributed by atoms with Gasteiger partial charge in [0.05, 0.1) is 6.54 Å². The van der Waals surface area contributed by atoms with Gasteiger partial charge in [-0.05, 0) is 19.5 Å². The van der Waals surface area contributed by atoms with Gasteiger partial charge in [-0.15, -0.1) is 0 Å². The van der Waals surface area contributed by atoms with Crippen molar-refractivity contribution in [2.24, 2.45) is 0 Å². The Bertz CT molecular complexity index is 323. The highest BCUT2D eigenvalue weighted by molar-refractivity contribution is 5.86. The maximum absolute atomic E-state index is 11.4. The van der Waals surface area contributed by atoms with E-state index in [4.69, 9.17) is 5.11 Å². The second kappa shape index (κ2) is 11.0. The van der Waals surface area contributed by atoms with E-state index in [1.165, 1.54) is 0 Å². The molecule has 116 valence electrons. The van der Waals surface area contributed by atoms with Gasteiger partial charge in [0.2, 0.25) is 5.91 Å². The van der Waals surface area contributed by atoms with Gasteiger partial charge in [-0.3, -0.25) is 9.59 Å². The van der Waals surface area contributed by atoms with E-state index in [1.54, 1.807) is 0 Å². The lowest BCUT2D eigenvalue weighted by atomic mass is 10.4. The number of carbonyl (C=O) groups is 3. The van der Waals surface area contributed by atoms with Crippen molar-refractivity contribution in [1.29, 1.82) is 0 Å². The molecule has 0 aliphatic carbocycles. The second-order valence-corrected chi connectivity index (χ2v) is 4.21. The molecule has 0 saturated heterocycles. The smallest absolute Gasteiger partial charge is 0.322 e. The van der Waals surface area contributed by atoms with E-state index in [0.29, 0.717) is 6.54 Å². The van der Waals surface area contributed by atoms with Gasteiger partial charge in [0.25, 0.3) is 0 Å². The van der Waals surface area contributed by atoms with Crippen LogP contribution < -0.4 is 16.0 Å². The third kappa shape index (κ3) is 10.1. The van der Waals surface area contributed by atoms with Crippen LogP contribution in [0.4, 0.5) is 4.79 Å². The zero-order valence-corrected chi connectivity index (χ0v) is 12.1. The minimum Gasteiger partial charge on any atom is -0.480 e. The summed E-state index contributed by atoms with van der Waals surface area (Å²) in [5, 5.41) is 15.5. The average Bonchev–Trinajstić information content (AvgIpc) is 2.41. The number of hydrogen-bond donors (Lipinski definition) is 4. The molecule has 8 heteroatoms. The maximum atomic E-state index is 11.4. The highest BCUT2D eigenvalue weighted by Crippen LogP contribution is 1.88. The van der Waals surface area contributed by atoms with Crippen LogP contribution in [0.3, 0.4) is 0 Å². The van der Waals surface area contributed by atoms with Crippen molar-refractivity contribution in [2.45, 2.75) is 20.3 Å². The third-order valence-corrected chi connectivity index (χ3v) is 2.55. The number of nitrogens with one attached hydrogen (secondary N) is 3. The zero-order valence-electron chi connectivity index (χ0n) is 12.1. The van der Waals surface area contributed by atoms with Crippen molar-refractivity contribution in [2.75, 3.05) is 39.3 Å².